The molecule has 1 saturated heterocycles. The van der Waals surface area contributed by atoms with Crippen molar-refractivity contribution in [3.8, 4) is 5.69 Å². The third-order valence-corrected chi connectivity index (χ3v) is 5.98. The highest BCUT2D eigenvalue weighted by molar-refractivity contribution is 7.99. The quantitative estimate of drug-likeness (QED) is 0.450. The molecule has 3 heterocycles. The molecule has 1 aromatic carbocycles. The van der Waals surface area contributed by atoms with Gasteiger partial charge in [-0.3, -0.25) is 4.79 Å². The second kappa shape index (κ2) is 8.28. The van der Waals surface area contributed by atoms with E-state index < -0.39 is 0 Å². The number of carbonyl (C=O) groups excluding carboxylic acids is 1. The third kappa shape index (κ3) is 3.88. The molecule has 0 spiro atoms. The summed E-state index contributed by atoms with van der Waals surface area (Å²) in [4.78, 5) is 12.9. The topological polar surface area (TPSA) is 74.8 Å². The highest BCUT2D eigenvalue weighted by Gasteiger charge is 2.21. The summed E-state index contributed by atoms with van der Waals surface area (Å²) >= 11 is 1.35. The Bertz CT molecular complexity index is 960. The number of carbonyl (C=O) groups is 1. The van der Waals surface area contributed by atoms with Crippen LogP contribution in [-0.2, 0) is 11.3 Å². The van der Waals surface area contributed by atoms with Crippen LogP contribution in [0.4, 0.5) is 0 Å². The normalized spacial score (nSPS) is 16.6. The van der Waals surface area contributed by atoms with Crippen LogP contribution in [0.3, 0.4) is 0 Å². The fourth-order valence-corrected chi connectivity index (χ4v) is 4.34. The van der Waals surface area contributed by atoms with Crippen molar-refractivity contribution in [3.05, 3.63) is 53.3 Å². The molecular weight excluding hydrogens is 374 g/mol. The molecule has 0 unspecified atom stereocenters. The number of nitrogens with zero attached hydrogens (tertiary/aromatic N) is 5. The lowest BCUT2D eigenvalue weighted by Crippen LogP contribution is -2.17. The van der Waals surface area contributed by atoms with E-state index in [2.05, 4.69) is 20.1 Å². The predicted octanol–water partition coefficient (Wildman–Crippen LogP) is 3.23. The first-order chi connectivity index (χ1) is 13.6. The lowest BCUT2D eigenvalue weighted by Gasteiger charge is -2.14. The zero-order chi connectivity index (χ0) is 19.5. The van der Waals surface area contributed by atoms with E-state index in [1.807, 2.05) is 50.2 Å². The lowest BCUT2D eigenvalue weighted by molar-refractivity contribution is 0.0957. The van der Waals surface area contributed by atoms with Crippen molar-refractivity contribution in [3.63, 3.8) is 0 Å². The van der Waals surface area contributed by atoms with Crippen LogP contribution in [0.25, 0.3) is 5.69 Å². The summed E-state index contributed by atoms with van der Waals surface area (Å²) < 4.78 is 9.60. The van der Waals surface area contributed by atoms with Gasteiger partial charge in [0.15, 0.2) is 5.78 Å². The van der Waals surface area contributed by atoms with E-state index in [0.29, 0.717) is 5.16 Å². The summed E-state index contributed by atoms with van der Waals surface area (Å²) in [5.41, 5.74) is 3.73. The Hall–Kier alpha value is -2.45. The Labute approximate surface area is 168 Å². The molecule has 2 aromatic heterocycles. The van der Waals surface area contributed by atoms with Crippen LogP contribution in [0.1, 0.15) is 34.6 Å². The van der Waals surface area contributed by atoms with Crippen molar-refractivity contribution in [1.29, 1.82) is 0 Å². The van der Waals surface area contributed by atoms with Crippen molar-refractivity contribution < 1.29 is 9.53 Å². The summed E-state index contributed by atoms with van der Waals surface area (Å²) in [5.74, 6) is 0.372. The second-order valence-electron chi connectivity index (χ2n) is 6.95. The zero-order valence-corrected chi connectivity index (χ0v) is 16.9. The van der Waals surface area contributed by atoms with E-state index in [0.717, 1.165) is 48.6 Å². The molecule has 1 fully saturated rings. The number of tetrazole rings is 1. The molecule has 0 aliphatic carbocycles. The zero-order valence-electron chi connectivity index (χ0n) is 16.0. The molecule has 1 aliphatic heterocycles. The third-order valence-electron chi connectivity index (χ3n) is 5.06. The van der Waals surface area contributed by atoms with Gasteiger partial charge < -0.3 is 9.30 Å². The van der Waals surface area contributed by atoms with E-state index in [4.69, 9.17) is 4.74 Å². The first-order valence-corrected chi connectivity index (χ1v) is 10.4. The highest BCUT2D eigenvalue weighted by Crippen LogP contribution is 2.23. The predicted molar refractivity (Wildman–Crippen MR) is 107 cm³/mol. The van der Waals surface area contributed by atoms with Gasteiger partial charge in [0.25, 0.3) is 0 Å². The number of ether oxygens (including phenoxy) is 1. The van der Waals surface area contributed by atoms with Crippen LogP contribution in [-0.4, -0.2) is 49.0 Å². The molecule has 0 N–H and O–H groups in total. The number of ketones is 1. The van der Waals surface area contributed by atoms with Crippen molar-refractivity contribution >= 4 is 17.5 Å². The monoisotopic (exact) mass is 397 g/mol. The molecular formula is C20H23N5O2S. The number of para-hydroxylation sites is 1. The van der Waals surface area contributed by atoms with Crippen molar-refractivity contribution in [2.24, 2.45) is 0 Å². The first-order valence-electron chi connectivity index (χ1n) is 9.41. The number of Topliss-reactive ketones (excluding diaryl/α,β-unsaturated/α-hetero) is 1. The van der Waals surface area contributed by atoms with Gasteiger partial charge in [0.05, 0.1) is 17.5 Å². The van der Waals surface area contributed by atoms with E-state index in [1.54, 1.807) is 4.68 Å². The Kier molecular flexibility index (Phi) is 5.59. The maximum atomic E-state index is 12.9. The van der Waals surface area contributed by atoms with Gasteiger partial charge in [-0.2, -0.15) is 4.68 Å². The van der Waals surface area contributed by atoms with Crippen LogP contribution in [0.2, 0.25) is 0 Å². The number of hydrogen-bond acceptors (Lipinski definition) is 6. The molecule has 146 valence electrons. The second-order valence-corrected chi connectivity index (χ2v) is 7.89. The average Bonchev–Trinajstić information content (AvgIpc) is 3.44. The smallest absolute Gasteiger partial charge is 0.214 e. The number of thioether (sulfide) groups is 1. The summed E-state index contributed by atoms with van der Waals surface area (Å²) in [6.45, 7) is 5.70. The summed E-state index contributed by atoms with van der Waals surface area (Å²) in [5, 5.41) is 12.5. The molecule has 8 heteroatoms. The Morgan fingerprint density at radius 1 is 1.29 bits per heavy atom. The van der Waals surface area contributed by atoms with Gasteiger partial charge >= 0.3 is 0 Å². The van der Waals surface area contributed by atoms with Crippen LogP contribution >= 0.6 is 11.8 Å². The number of rotatable bonds is 7. The molecule has 1 atom stereocenters. The van der Waals surface area contributed by atoms with Gasteiger partial charge in [0.2, 0.25) is 5.16 Å². The number of aromatic nitrogens is 5. The first kappa shape index (κ1) is 18.9. The van der Waals surface area contributed by atoms with E-state index >= 15 is 0 Å². The molecule has 7 nitrogen and oxygen atoms in total. The maximum Gasteiger partial charge on any atom is 0.214 e. The average molecular weight is 398 g/mol. The van der Waals surface area contributed by atoms with Gasteiger partial charge in [0, 0.05) is 30.1 Å². The van der Waals surface area contributed by atoms with Gasteiger partial charge in [-0.25, -0.2) is 0 Å². The van der Waals surface area contributed by atoms with Crippen molar-refractivity contribution in [1.82, 2.24) is 24.8 Å². The molecule has 4 rings (SSSR count). The molecule has 1 aliphatic rings. The van der Waals surface area contributed by atoms with Crippen LogP contribution in [0.15, 0.2) is 41.6 Å². The summed E-state index contributed by atoms with van der Waals surface area (Å²) in [7, 11) is 0. The largest absolute Gasteiger partial charge is 0.376 e. The minimum Gasteiger partial charge on any atom is -0.376 e. The van der Waals surface area contributed by atoms with Crippen LogP contribution < -0.4 is 0 Å². The fourth-order valence-electron chi connectivity index (χ4n) is 3.56. The molecule has 3 aromatic rings. The summed E-state index contributed by atoms with van der Waals surface area (Å²) in [6, 6.07) is 11.6. The van der Waals surface area contributed by atoms with Gasteiger partial charge in [0.1, 0.15) is 0 Å². The number of aryl methyl sites for hydroxylation is 1. The molecule has 28 heavy (non-hydrogen) atoms. The van der Waals surface area contributed by atoms with Gasteiger partial charge in [-0.05, 0) is 55.3 Å². The minimum atomic E-state index is 0.0827. The standard InChI is InChI=1S/C20H23N5O2S/c1-14-11-18(15(2)24(14)12-17-9-6-10-27-17)19(26)13-28-20-21-22-23-25(20)16-7-4-3-5-8-16/h3-5,7-8,11,17H,6,9-10,12-13H2,1-2H3/t17-/m1/s1. The molecule has 0 amide bonds. The van der Waals surface area contributed by atoms with Gasteiger partial charge in [-0.1, -0.05) is 30.0 Å². The summed E-state index contributed by atoms with van der Waals surface area (Å²) in [6.07, 6.45) is 2.44. The fraction of sp³-hybridized carbons (Fsp3) is 0.400. The van der Waals surface area contributed by atoms with Crippen LogP contribution in [0, 0.1) is 13.8 Å². The Morgan fingerprint density at radius 2 is 2.11 bits per heavy atom. The maximum absolute atomic E-state index is 12.9. The van der Waals surface area contributed by atoms with E-state index in [-0.39, 0.29) is 17.6 Å². The number of benzene rings is 1. The highest BCUT2D eigenvalue weighted by atomic mass is 32.2. The Morgan fingerprint density at radius 3 is 2.86 bits per heavy atom. The van der Waals surface area contributed by atoms with E-state index in [9.17, 15) is 4.79 Å². The van der Waals surface area contributed by atoms with E-state index in [1.165, 1.54) is 11.8 Å². The Balaban J connectivity index is 1.46. The van der Waals surface area contributed by atoms with Crippen molar-refractivity contribution in [2.75, 3.05) is 12.4 Å². The van der Waals surface area contributed by atoms with Crippen LogP contribution in [0.5, 0.6) is 0 Å². The molecule has 0 radical (unpaired) electrons. The van der Waals surface area contributed by atoms with Gasteiger partial charge in [-0.15, -0.1) is 5.10 Å². The lowest BCUT2D eigenvalue weighted by atomic mass is 10.2. The molecule has 0 saturated carbocycles. The minimum absolute atomic E-state index is 0.0827. The van der Waals surface area contributed by atoms with Crippen molar-refractivity contribution in [2.45, 2.75) is 44.5 Å². The number of hydrogen-bond donors (Lipinski definition) is 0. The molecule has 0 bridgehead atoms. The SMILES string of the molecule is Cc1cc(C(=O)CSc2nnnn2-c2ccccc2)c(C)n1C[C@H]1CCCO1.